The van der Waals surface area contributed by atoms with Crippen molar-refractivity contribution in [1.29, 1.82) is 0 Å². The average molecular weight is 342 g/mol. The van der Waals surface area contributed by atoms with Crippen molar-refractivity contribution in [3.8, 4) is 5.75 Å². The lowest BCUT2D eigenvalue weighted by atomic mass is 10.1. The van der Waals surface area contributed by atoms with Gasteiger partial charge in [0.05, 0.1) is 5.69 Å². The van der Waals surface area contributed by atoms with Crippen LogP contribution in [0.4, 0.5) is 5.69 Å². The highest BCUT2D eigenvalue weighted by Gasteiger charge is 2.09. The van der Waals surface area contributed by atoms with E-state index in [1.165, 1.54) is 6.07 Å². The third-order valence-electron chi connectivity index (χ3n) is 3.22. The lowest BCUT2D eigenvalue weighted by Gasteiger charge is -2.08. The highest BCUT2D eigenvalue weighted by Crippen LogP contribution is 2.24. The van der Waals surface area contributed by atoms with Gasteiger partial charge in [-0.15, -0.1) is 0 Å². The minimum atomic E-state index is -0.249. The van der Waals surface area contributed by atoms with E-state index in [2.05, 4.69) is 21.2 Å². The van der Waals surface area contributed by atoms with Gasteiger partial charge in [-0.3, -0.25) is 4.79 Å². The number of hydrogen-bond donors (Lipinski definition) is 2. The van der Waals surface area contributed by atoms with Crippen molar-refractivity contribution >= 4 is 38.3 Å². The highest BCUT2D eigenvalue weighted by atomic mass is 79.9. The maximum absolute atomic E-state index is 12.2. The fraction of sp³-hybridized carbons (Fsp3) is 0. The maximum Gasteiger partial charge on any atom is 0.255 e. The summed E-state index contributed by atoms with van der Waals surface area (Å²) < 4.78 is 1.00. The monoisotopic (exact) mass is 341 g/mol. The molecular weight excluding hydrogens is 330 g/mol. The molecule has 3 nitrogen and oxygen atoms in total. The van der Waals surface area contributed by atoms with Gasteiger partial charge in [0.25, 0.3) is 5.91 Å². The van der Waals surface area contributed by atoms with E-state index < -0.39 is 0 Å². The van der Waals surface area contributed by atoms with Crippen LogP contribution in [-0.4, -0.2) is 11.0 Å². The highest BCUT2D eigenvalue weighted by molar-refractivity contribution is 9.10. The first-order valence-electron chi connectivity index (χ1n) is 6.42. The van der Waals surface area contributed by atoms with Crippen molar-refractivity contribution in [3.05, 3.63) is 70.7 Å². The molecule has 0 fully saturated rings. The topological polar surface area (TPSA) is 49.3 Å². The Balaban J connectivity index is 1.91. The van der Waals surface area contributed by atoms with Crippen LogP contribution in [0.25, 0.3) is 10.8 Å². The van der Waals surface area contributed by atoms with Crippen LogP contribution in [0.5, 0.6) is 5.75 Å². The molecule has 3 aromatic rings. The van der Waals surface area contributed by atoms with Crippen molar-refractivity contribution in [3.63, 3.8) is 0 Å². The summed E-state index contributed by atoms with van der Waals surface area (Å²) in [4.78, 5) is 12.2. The Morgan fingerprint density at radius 1 is 0.952 bits per heavy atom. The Bertz CT molecular complexity index is 830. The maximum atomic E-state index is 12.2. The molecule has 0 aliphatic carbocycles. The molecule has 3 aromatic carbocycles. The Hall–Kier alpha value is -2.33. The van der Waals surface area contributed by atoms with Gasteiger partial charge in [0.1, 0.15) is 5.75 Å². The number of phenolic OH excluding ortho intramolecular Hbond substituents is 1. The fourth-order valence-corrected chi connectivity index (χ4v) is 2.51. The molecule has 0 unspecified atom stereocenters. The summed E-state index contributed by atoms with van der Waals surface area (Å²) >= 11 is 3.43. The molecule has 0 atom stereocenters. The minimum Gasteiger partial charge on any atom is -0.506 e. The number of carbonyl (C=O) groups excluding carboxylic acids is 1. The first kappa shape index (κ1) is 13.6. The van der Waals surface area contributed by atoms with Gasteiger partial charge in [-0.05, 0) is 47.2 Å². The first-order valence-corrected chi connectivity index (χ1v) is 7.21. The summed E-state index contributed by atoms with van der Waals surface area (Å²) in [5.41, 5.74) is 0.950. The minimum absolute atomic E-state index is 0.0515. The second-order valence-corrected chi connectivity index (χ2v) is 5.59. The second kappa shape index (κ2) is 5.58. The Labute approximate surface area is 130 Å². The van der Waals surface area contributed by atoms with Gasteiger partial charge in [-0.25, -0.2) is 0 Å². The van der Waals surface area contributed by atoms with Crippen LogP contribution in [0.2, 0.25) is 0 Å². The van der Waals surface area contributed by atoms with Crippen molar-refractivity contribution in [2.45, 2.75) is 0 Å². The molecule has 0 heterocycles. The molecule has 0 aromatic heterocycles. The smallest absolute Gasteiger partial charge is 0.255 e. The van der Waals surface area contributed by atoms with Crippen LogP contribution < -0.4 is 5.32 Å². The standard InChI is InChI=1S/C17H12BrNO2/c18-14-8-7-11-9-13(6-5-12(11)10-14)17(21)19-15-3-1-2-4-16(15)20/h1-10,20H,(H,19,21). The number of phenols is 1. The number of nitrogens with one attached hydrogen (secondary N) is 1. The van der Waals surface area contributed by atoms with Crippen LogP contribution >= 0.6 is 15.9 Å². The molecule has 3 rings (SSSR count). The number of hydrogen-bond acceptors (Lipinski definition) is 2. The number of amides is 1. The number of carbonyl (C=O) groups is 1. The number of benzene rings is 3. The average Bonchev–Trinajstić information content (AvgIpc) is 2.49. The molecule has 104 valence electrons. The molecule has 21 heavy (non-hydrogen) atoms. The quantitative estimate of drug-likeness (QED) is 0.671. The predicted octanol–water partition coefficient (Wildman–Crippen LogP) is 4.56. The summed E-state index contributed by atoms with van der Waals surface area (Å²) in [5.74, 6) is -0.197. The summed E-state index contributed by atoms with van der Waals surface area (Å²) in [7, 11) is 0. The van der Waals surface area contributed by atoms with Gasteiger partial charge >= 0.3 is 0 Å². The third-order valence-corrected chi connectivity index (χ3v) is 3.71. The number of halogens is 1. The normalized spacial score (nSPS) is 10.5. The van der Waals surface area contributed by atoms with Crippen LogP contribution in [0.1, 0.15) is 10.4 Å². The number of aromatic hydroxyl groups is 1. The molecule has 0 radical (unpaired) electrons. The van der Waals surface area contributed by atoms with Crippen molar-refractivity contribution < 1.29 is 9.90 Å². The zero-order chi connectivity index (χ0) is 14.8. The van der Waals surface area contributed by atoms with Crippen LogP contribution in [-0.2, 0) is 0 Å². The number of anilines is 1. The van der Waals surface area contributed by atoms with Gasteiger partial charge in [0.15, 0.2) is 0 Å². The Kier molecular flexibility index (Phi) is 3.62. The van der Waals surface area contributed by atoms with E-state index in [-0.39, 0.29) is 11.7 Å². The van der Waals surface area contributed by atoms with Crippen LogP contribution in [0.3, 0.4) is 0 Å². The van der Waals surface area contributed by atoms with E-state index in [0.717, 1.165) is 15.2 Å². The zero-order valence-electron chi connectivity index (χ0n) is 11.0. The Morgan fingerprint density at radius 3 is 2.48 bits per heavy atom. The van der Waals surface area contributed by atoms with E-state index in [1.54, 1.807) is 24.3 Å². The molecule has 0 aliphatic rings. The van der Waals surface area contributed by atoms with Gasteiger partial charge in [-0.2, -0.15) is 0 Å². The predicted molar refractivity (Wildman–Crippen MR) is 87.7 cm³/mol. The summed E-state index contributed by atoms with van der Waals surface area (Å²) in [6.45, 7) is 0. The third kappa shape index (κ3) is 2.90. The number of para-hydroxylation sites is 2. The molecule has 2 N–H and O–H groups in total. The zero-order valence-corrected chi connectivity index (χ0v) is 12.6. The molecule has 4 heteroatoms. The number of fused-ring (bicyclic) bond motifs is 1. The van der Waals surface area contributed by atoms with Crippen molar-refractivity contribution in [1.82, 2.24) is 0 Å². The van der Waals surface area contributed by atoms with E-state index in [0.29, 0.717) is 11.3 Å². The second-order valence-electron chi connectivity index (χ2n) is 4.68. The largest absolute Gasteiger partial charge is 0.506 e. The lowest BCUT2D eigenvalue weighted by Crippen LogP contribution is -2.11. The SMILES string of the molecule is O=C(Nc1ccccc1O)c1ccc2cc(Br)ccc2c1. The van der Waals surface area contributed by atoms with E-state index in [4.69, 9.17) is 0 Å². The van der Waals surface area contributed by atoms with Gasteiger partial charge in [0, 0.05) is 10.0 Å². The molecule has 0 aliphatic heterocycles. The first-order chi connectivity index (χ1) is 10.1. The molecule has 0 spiro atoms. The van der Waals surface area contributed by atoms with E-state index in [1.807, 2.05) is 30.3 Å². The summed E-state index contributed by atoms with van der Waals surface area (Å²) in [6, 6.07) is 18.1. The Morgan fingerprint density at radius 2 is 1.67 bits per heavy atom. The van der Waals surface area contributed by atoms with Crippen LogP contribution in [0, 0.1) is 0 Å². The fourth-order valence-electron chi connectivity index (χ4n) is 2.13. The van der Waals surface area contributed by atoms with Gasteiger partial charge in [0.2, 0.25) is 0 Å². The lowest BCUT2D eigenvalue weighted by molar-refractivity contribution is 0.102. The van der Waals surface area contributed by atoms with Gasteiger partial charge in [-0.1, -0.05) is 40.2 Å². The van der Waals surface area contributed by atoms with E-state index in [9.17, 15) is 9.90 Å². The molecule has 0 saturated carbocycles. The van der Waals surface area contributed by atoms with Crippen LogP contribution in [0.15, 0.2) is 65.1 Å². The van der Waals surface area contributed by atoms with Crippen molar-refractivity contribution in [2.24, 2.45) is 0 Å². The van der Waals surface area contributed by atoms with Gasteiger partial charge < -0.3 is 10.4 Å². The van der Waals surface area contributed by atoms with E-state index >= 15 is 0 Å². The molecular formula is C17H12BrNO2. The summed E-state index contributed by atoms with van der Waals surface area (Å²) in [6.07, 6.45) is 0. The number of rotatable bonds is 2. The molecule has 0 bridgehead atoms. The summed E-state index contributed by atoms with van der Waals surface area (Å²) in [5, 5.41) is 14.4. The van der Waals surface area contributed by atoms with Crippen molar-refractivity contribution in [2.75, 3.05) is 5.32 Å². The molecule has 1 amide bonds. The molecule has 0 saturated heterocycles.